The lowest BCUT2D eigenvalue weighted by molar-refractivity contribution is 1.03. The third-order valence-corrected chi connectivity index (χ3v) is 2.05. The molecule has 0 aliphatic rings. The molecule has 1 rings (SSSR count). The maximum absolute atomic E-state index is 5.21. The van der Waals surface area contributed by atoms with E-state index in [2.05, 4.69) is 22.7 Å². The summed E-state index contributed by atoms with van der Waals surface area (Å²) in [6.45, 7) is 1.90. The smallest absolute Gasteiger partial charge is 0.184 e. The summed E-state index contributed by atoms with van der Waals surface area (Å²) < 4.78 is 0. The monoisotopic (exact) mass is 199 g/mol. The molecule has 3 nitrogen and oxygen atoms in total. The zero-order valence-corrected chi connectivity index (χ0v) is 8.21. The van der Waals surface area contributed by atoms with Crippen LogP contribution in [0, 0.1) is 0 Å². The van der Waals surface area contributed by atoms with Crippen molar-refractivity contribution in [1.29, 1.82) is 0 Å². The van der Waals surface area contributed by atoms with E-state index in [-0.39, 0.29) is 5.11 Å². The van der Waals surface area contributed by atoms with Crippen molar-refractivity contribution < 1.29 is 0 Å². The van der Waals surface area contributed by atoms with Crippen LogP contribution in [0.25, 0.3) is 0 Å². The number of nitrogens with one attached hydrogen (secondary N) is 1. The Balaban J connectivity index is 2.65. The van der Waals surface area contributed by atoms with Crippen LogP contribution < -0.4 is 11.2 Å². The predicted molar refractivity (Wildman–Crippen MR) is 56.5 cm³/mol. The first-order valence-electron chi connectivity index (χ1n) is 3.32. The van der Waals surface area contributed by atoms with Gasteiger partial charge in [0.25, 0.3) is 0 Å². The highest BCUT2D eigenvalue weighted by atomic mass is 32.1. The van der Waals surface area contributed by atoms with Crippen molar-refractivity contribution in [2.75, 3.05) is 0 Å². The van der Waals surface area contributed by atoms with E-state index in [1.807, 2.05) is 23.8 Å². The zero-order valence-electron chi connectivity index (χ0n) is 6.57. The largest absolute Gasteiger partial charge is 0.375 e. The number of rotatable bonds is 2. The van der Waals surface area contributed by atoms with Crippen LogP contribution in [-0.2, 0) is 0 Å². The third kappa shape index (κ3) is 2.60. The van der Waals surface area contributed by atoms with E-state index in [0.29, 0.717) is 0 Å². The first-order valence-corrected chi connectivity index (χ1v) is 4.67. The lowest BCUT2D eigenvalue weighted by atomic mass is 10.2. The molecule has 0 spiro atoms. The van der Waals surface area contributed by atoms with E-state index >= 15 is 0 Å². The highest BCUT2D eigenvalue weighted by molar-refractivity contribution is 7.80. The van der Waals surface area contributed by atoms with Crippen molar-refractivity contribution in [1.82, 2.24) is 5.43 Å². The molecule has 0 saturated heterocycles. The fraction of sp³-hybridized carbons (Fsp3) is 0.143. The summed E-state index contributed by atoms with van der Waals surface area (Å²) >= 11 is 6.23. The number of thiophene rings is 1. The van der Waals surface area contributed by atoms with Gasteiger partial charge in [-0.3, -0.25) is 5.43 Å². The Kier molecular flexibility index (Phi) is 3.19. The van der Waals surface area contributed by atoms with Crippen LogP contribution in [0.4, 0.5) is 0 Å². The Hall–Kier alpha value is -0.940. The van der Waals surface area contributed by atoms with E-state index in [1.165, 1.54) is 0 Å². The van der Waals surface area contributed by atoms with E-state index in [9.17, 15) is 0 Å². The van der Waals surface area contributed by atoms with E-state index in [1.54, 1.807) is 11.3 Å². The van der Waals surface area contributed by atoms with Crippen LogP contribution in [0.3, 0.4) is 0 Å². The van der Waals surface area contributed by atoms with E-state index in [0.717, 1.165) is 11.3 Å². The van der Waals surface area contributed by atoms with Crippen LogP contribution in [0.1, 0.15) is 12.5 Å². The number of hydrogen-bond acceptors (Lipinski definition) is 3. The van der Waals surface area contributed by atoms with Gasteiger partial charge in [0, 0.05) is 5.56 Å². The average molecular weight is 199 g/mol. The van der Waals surface area contributed by atoms with E-state index < -0.39 is 0 Å². The second kappa shape index (κ2) is 4.18. The van der Waals surface area contributed by atoms with Gasteiger partial charge >= 0.3 is 0 Å². The Labute approximate surface area is 80.3 Å². The molecular weight excluding hydrogens is 190 g/mol. The van der Waals surface area contributed by atoms with E-state index in [4.69, 9.17) is 5.73 Å². The second-order valence-corrected chi connectivity index (χ2v) is 3.41. The molecule has 1 aromatic heterocycles. The number of nitrogens with zero attached hydrogens (tertiary/aromatic N) is 1. The van der Waals surface area contributed by atoms with Crippen molar-refractivity contribution in [3.8, 4) is 0 Å². The van der Waals surface area contributed by atoms with Crippen molar-refractivity contribution in [2.45, 2.75) is 6.92 Å². The van der Waals surface area contributed by atoms with Crippen molar-refractivity contribution in [2.24, 2.45) is 10.8 Å². The average Bonchev–Trinajstić information content (AvgIpc) is 2.51. The lowest BCUT2D eigenvalue weighted by Crippen LogP contribution is -2.25. The summed E-state index contributed by atoms with van der Waals surface area (Å²) in [4.78, 5) is 0. The molecule has 0 fully saturated rings. The maximum Gasteiger partial charge on any atom is 0.184 e. The Bertz CT molecular complexity index is 290. The Morgan fingerprint density at radius 1 is 1.75 bits per heavy atom. The molecule has 5 heteroatoms. The summed E-state index contributed by atoms with van der Waals surface area (Å²) in [5, 5.41) is 8.17. The molecule has 0 radical (unpaired) electrons. The lowest BCUT2D eigenvalue weighted by Gasteiger charge is -1.97. The summed E-state index contributed by atoms with van der Waals surface area (Å²) in [7, 11) is 0. The van der Waals surface area contributed by atoms with Crippen LogP contribution in [-0.4, -0.2) is 10.8 Å². The minimum atomic E-state index is 0.185. The minimum absolute atomic E-state index is 0.185. The van der Waals surface area contributed by atoms with Crippen molar-refractivity contribution >= 4 is 34.4 Å². The molecular formula is C7H9N3S2. The molecule has 64 valence electrons. The standard InChI is InChI=1S/C7H9N3S2/c1-5(9-10-7(8)11)6-2-3-12-4-6/h2-4H,1H3,(H3,8,10,11)/b9-5+. The van der Waals surface area contributed by atoms with Gasteiger partial charge in [0.1, 0.15) is 0 Å². The van der Waals surface area contributed by atoms with Crippen molar-refractivity contribution in [3.63, 3.8) is 0 Å². The molecule has 3 N–H and O–H groups in total. The van der Waals surface area contributed by atoms with Gasteiger partial charge in [-0.2, -0.15) is 16.4 Å². The van der Waals surface area contributed by atoms with Crippen LogP contribution in [0.2, 0.25) is 0 Å². The predicted octanol–water partition coefficient (Wildman–Crippen LogP) is 1.31. The number of nitrogens with two attached hydrogens (primary N) is 1. The van der Waals surface area contributed by atoms with Gasteiger partial charge in [-0.1, -0.05) is 0 Å². The first kappa shape index (κ1) is 9.15. The summed E-state index contributed by atoms with van der Waals surface area (Å²) in [6.07, 6.45) is 0. The molecule has 0 aliphatic heterocycles. The van der Waals surface area contributed by atoms with Gasteiger partial charge < -0.3 is 5.73 Å². The molecule has 0 saturated carbocycles. The summed E-state index contributed by atoms with van der Waals surface area (Å²) in [5.74, 6) is 0. The number of hydrazone groups is 1. The Morgan fingerprint density at radius 3 is 3.00 bits per heavy atom. The zero-order chi connectivity index (χ0) is 8.97. The normalized spacial score (nSPS) is 11.2. The second-order valence-electron chi connectivity index (χ2n) is 2.19. The quantitative estimate of drug-likeness (QED) is 0.429. The molecule has 0 aliphatic carbocycles. The fourth-order valence-corrected chi connectivity index (χ4v) is 1.42. The maximum atomic E-state index is 5.21. The molecule has 0 amide bonds. The van der Waals surface area contributed by atoms with Gasteiger partial charge in [-0.25, -0.2) is 0 Å². The van der Waals surface area contributed by atoms with Crippen LogP contribution in [0.15, 0.2) is 21.9 Å². The molecule has 0 unspecified atom stereocenters. The van der Waals surface area contributed by atoms with Crippen LogP contribution >= 0.6 is 23.6 Å². The summed E-state index contributed by atoms with van der Waals surface area (Å²) in [6, 6.07) is 1.99. The first-order chi connectivity index (χ1) is 5.70. The number of hydrogen-bond donors (Lipinski definition) is 2. The fourth-order valence-electron chi connectivity index (χ4n) is 0.674. The highest BCUT2D eigenvalue weighted by Crippen LogP contribution is 2.06. The van der Waals surface area contributed by atoms with Gasteiger partial charge in [0.2, 0.25) is 0 Å². The van der Waals surface area contributed by atoms with Gasteiger partial charge in [-0.05, 0) is 36.0 Å². The number of thiocarbonyl (C=S) groups is 1. The summed E-state index contributed by atoms with van der Waals surface area (Å²) in [5.41, 5.74) is 9.71. The van der Waals surface area contributed by atoms with Gasteiger partial charge in [0.05, 0.1) is 5.71 Å². The molecule has 1 heterocycles. The topological polar surface area (TPSA) is 50.4 Å². The highest BCUT2D eigenvalue weighted by Gasteiger charge is 1.95. The van der Waals surface area contributed by atoms with Gasteiger partial charge in [0.15, 0.2) is 5.11 Å². The molecule has 1 aromatic rings. The Morgan fingerprint density at radius 2 is 2.50 bits per heavy atom. The van der Waals surface area contributed by atoms with Crippen molar-refractivity contribution in [3.05, 3.63) is 22.4 Å². The third-order valence-electron chi connectivity index (χ3n) is 1.27. The molecule has 0 aromatic carbocycles. The SMILES string of the molecule is C/C(=N\NC(N)=S)c1ccsc1. The van der Waals surface area contributed by atoms with Gasteiger partial charge in [-0.15, -0.1) is 0 Å². The minimum Gasteiger partial charge on any atom is -0.375 e. The molecule has 12 heavy (non-hydrogen) atoms. The molecule has 0 atom stereocenters. The van der Waals surface area contributed by atoms with Crippen LogP contribution in [0.5, 0.6) is 0 Å². The molecule has 0 bridgehead atoms.